The van der Waals surface area contributed by atoms with Crippen molar-refractivity contribution in [3.8, 4) is 11.8 Å². The highest BCUT2D eigenvalue weighted by molar-refractivity contribution is 7.90. The highest BCUT2D eigenvalue weighted by Crippen LogP contribution is 2.43. The van der Waals surface area contributed by atoms with Gasteiger partial charge < -0.3 is 19.9 Å². The third kappa shape index (κ3) is 10.4. The molecule has 0 aliphatic heterocycles. The summed E-state index contributed by atoms with van der Waals surface area (Å²) in [5, 5.41) is 18.2. The van der Waals surface area contributed by atoms with E-state index in [1.54, 1.807) is 30.3 Å². The number of alkyl halides is 3. The summed E-state index contributed by atoms with van der Waals surface area (Å²) in [5.74, 6) is -1.49. The highest BCUT2D eigenvalue weighted by Gasteiger charge is 2.44. The lowest BCUT2D eigenvalue weighted by Gasteiger charge is -2.39. The predicted octanol–water partition coefficient (Wildman–Crippen LogP) is 8.67. The average Bonchev–Trinajstić information content (AvgIpc) is 3.86. The van der Waals surface area contributed by atoms with Gasteiger partial charge in [-0.05, 0) is 99.0 Å². The minimum Gasteiger partial charge on any atom is -0.598 e. The van der Waals surface area contributed by atoms with Crippen LogP contribution in [0, 0.1) is 23.1 Å². The number of halogens is 4. The Morgan fingerprint density at radius 1 is 1.04 bits per heavy atom. The van der Waals surface area contributed by atoms with E-state index in [2.05, 4.69) is 26.5 Å². The van der Waals surface area contributed by atoms with Gasteiger partial charge in [-0.3, -0.25) is 4.79 Å². The normalized spacial score (nSPS) is 14.8. The Balaban J connectivity index is 1.52. The van der Waals surface area contributed by atoms with Gasteiger partial charge in [-0.15, -0.1) is 4.72 Å². The molecule has 0 saturated heterocycles. The maximum Gasteiger partial charge on any atom is 0.435 e. The number of nitrogens with zero attached hydrogens (tertiary/aromatic N) is 3. The van der Waals surface area contributed by atoms with Gasteiger partial charge in [0.25, 0.3) is 5.91 Å². The highest BCUT2D eigenvalue weighted by atomic mass is 32.2. The fourth-order valence-electron chi connectivity index (χ4n) is 5.88. The maximum absolute atomic E-state index is 15.7. The lowest BCUT2D eigenvalue weighted by Crippen LogP contribution is -2.52. The first kappa shape index (κ1) is 41.3. The van der Waals surface area contributed by atoms with Crippen LogP contribution in [0.25, 0.3) is 5.69 Å². The third-order valence-corrected chi connectivity index (χ3v) is 10.9. The number of amides is 2. The summed E-state index contributed by atoms with van der Waals surface area (Å²) in [6.07, 6.45) is -0.791. The molecule has 15 heteroatoms. The average molecular weight is 781 g/mol. The largest absolute Gasteiger partial charge is 0.598 e. The van der Waals surface area contributed by atoms with E-state index in [1.807, 2.05) is 27.7 Å². The lowest BCUT2D eigenvalue weighted by atomic mass is 9.79. The molecule has 3 N–H and O–H groups in total. The van der Waals surface area contributed by atoms with Crippen LogP contribution < -0.4 is 15.4 Å². The molecular weight excluding hydrogens is 737 g/mol. The van der Waals surface area contributed by atoms with Crippen LogP contribution in [0.3, 0.4) is 0 Å². The van der Waals surface area contributed by atoms with Crippen LogP contribution in [0.5, 0.6) is 0 Å². The van der Waals surface area contributed by atoms with Crippen LogP contribution >= 0.6 is 0 Å². The molecule has 3 aromatic carbocycles. The van der Waals surface area contributed by atoms with Gasteiger partial charge in [0, 0.05) is 24.0 Å². The molecule has 2 atom stereocenters. The van der Waals surface area contributed by atoms with Crippen LogP contribution in [0.2, 0.25) is 0 Å². The van der Waals surface area contributed by atoms with E-state index in [4.69, 9.17) is 4.74 Å². The summed E-state index contributed by atoms with van der Waals surface area (Å²) in [4.78, 5) is 26.0. The number of benzene rings is 3. The van der Waals surface area contributed by atoms with Crippen molar-refractivity contribution in [2.75, 3.05) is 11.9 Å². The van der Waals surface area contributed by atoms with Crippen molar-refractivity contribution >= 4 is 29.0 Å². The Labute approximate surface area is 321 Å². The number of nitrogens with one attached hydrogen (secondary N) is 3. The molecule has 2 amide bonds. The third-order valence-electron chi connectivity index (χ3n) is 9.22. The van der Waals surface area contributed by atoms with Crippen molar-refractivity contribution in [3.05, 3.63) is 112 Å². The zero-order valence-electron chi connectivity index (χ0n) is 31.1. The van der Waals surface area contributed by atoms with Gasteiger partial charge in [0.2, 0.25) is 0 Å². The first-order valence-corrected chi connectivity index (χ1v) is 19.2. The summed E-state index contributed by atoms with van der Waals surface area (Å²) in [6, 6.07) is 19.6. The van der Waals surface area contributed by atoms with Gasteiger partial charge in [-0.2, -0.15) is 23.5 Å². The van der Waals surface area contributed by atoms with Gasteiger partial charge in [0.05, 0.1) is 29.6 Å². The Bertz CT molecular complexity index is 2020. The number of anilines is 1. The van der Waals surface area contributed by atoms with E-state index in [0.717, 1.165) is 36.4 Å². The number of hydrogen-bond donors (Lipinski definition) is 3. The molecule has 0 radical (unpaired) electrons. The molecule has 4 aromatic rings. The topological polar surface area (TPSA) is 144 Å². The zero-order valence-corrected chi connectivity index (χ0v) is 31.9. The van der Waals surface area contributed by atoms with E-state index < -0.39 is 57.0 Å². The number of rotatable bonds is 15. The summed E-state index contributed by atoms with van der Waals surface area (Å²) >= 11 is -1.64. The standard InChI is InChI=1S/C40H44F4N6O4S/c1-5-6-20-54-37(52)46-25-28-8-7-9-31(21-28)50-34(23-35(48-50)40(42,43)44)36(51)47-33-22-30(16-17-32(33)41)39(19-18-26-10-11-26,49-55(53)38(2,3)4)29-14-12-27(24-45)13-15-29/h7-9,12-17,21-23,26,49H,5-6,10-11,18-20,25H2,1-4H3,(H,46,52)(H,47,51)/t39?,55-/m0/s1. The number of alkyl carbamates (subject to hydrolysis) is 1. The van der Waals surface area contributed by atoms with Gasteiger partial charge in [-0.1, -0.05) is 56.5 Å². The van der Waals surface area contributed by atoms with Crippen LogP contribution in [0.4, 0.5) is 28.0 Å². The van der Waals surface area contributed by atoms with E-state index in [9.17, 15) is 32.6 Å². The van der Waals surface area contributed by atoms with Crippen molar-refractivity contribution < 1.29 is 36.4 Å². The Morgan fingerprint density at radius 3 is 2.38 bits per heavy atom. The Kier molecular flexibility index (Phi) is 13.0. The maximum atomic E-state index is 15.7. The molecule has 5 rings (SSSR count). The molecular formula is C40H44F4N6O4S. The van der Waals surface area contributed by atoms with Crippen molar-refractivity contribution in [1.29, 1.82) is 5.26 Å². The lowest BCUT2D eigenvalue weighted by molar-refractivity contribution is -0.141. The Hall–Kier alpha value is -4.91. The summed E-state index contributed by atoms with van der Waals surface area (Å²) < 4.78 is 80.0. The molecule has 292 valence electrons. The fraction of sp³-hybridized carbons (Fsp3) is 0.400. The first-order chi connectivity index (χ1) is 26.0. The fourth-order valence-corrected chi connectivity index (χ4v) is 6.84. The summed E-state index contributed by atoms with van der Waals surface area (Å²) in [5.41, 5.74) is -1.28. The van der Waals surface area contributed by atoms with Gasteiger partial charge in [0.1, 0.15) is 21.8 Å². The van der Waals surface area contributed by atoms with Crippen LogP contribution in [-0.4, -0.2) is 37.7 Å². The smallest absolute Gasteiger partial charge is 0.435 e. The number of nitriles is 1. The van der Waals surface area contributed by atoms with Crippen molar-refractivity contribution in [3.63, 3.8) is 0 Å². The van der Waals surface area contributed by atoms with Gasteiger partial charge in [0.15, 0.2) is 5.69 Å². The quantitative estimate of drug-likeness (QED) is 0.0622. The van der Waals surface area contributed by atoms with E-state index in [1.165, 1.54) is 30.3 Å². The minimum atomic E-state index is -4.91. The van der Waals surface area contributed by atoms with Gasteiger partial charge >= 0.3 is 12.3 Å². The molecule has 1 unspecified atom stereocenters. The molecule has 1 heterocycles. The number of aromatic nitrogens is 2. The molecule has 1 aliphatic rings. The molecule has 1 aromatic heterocycles. The molecule has 55 heavy (non-hydrogen) atoms. The molecule has 1 fully saturated rings. The second-order valence-corrected chi connectivity index (χ2v) is 16.5. The molecule has 1 aliphatic carbocycles. The first-order valence-electron chi connectivity index (χ1n) is 18.0. The van der Waals surface area contributed by atoms with Crippen LogP contribution in [0.1, 0.15) is 105 Å². The number of ether oxygens (including phenoxy) is 1. The number of unbranched alkanes of at least 4 members (excludes halogenated alkanes) is 1. The number of carbonyl (C=O) groups is 2. The molecule has 0 spiro atoms. The number of carbonyl (C=O) groups excluding carboxylic acids is 2. The molecule has 0 bridgehead atoms. The monoisotopic (exact) mass is 780 g/mol. The Morgan fingerprint density at radius 2 is 1.75 bits per heavy atom. The van der Waals surface area contributed by atoms with Crippen molar-refractivity contribution in [2.24, 2.45) is 5.92 Å². The second kappa shape index (κ2) is 17.3. The van der Waals surface area contributed by atoms with Gasteiger partial charge in [-0.25, -0.2) is 13.9 Å². The predicted molar refractivity (Wildman–Crippen MR) is 201 cm³/mol. The molecule has 1 saturated carbocycles. The molecule has 10 nitrogen and oxygen atoms in total. The van der Waals surface area contributed by atoms with E-state index in [-0.39, 0.29) is 24.5 Å². The van der Waals surface area contributed by atoms with Crippen LogP contribution in [0.15, 0.2) is 72.8 Å². The van der Waals surface area contributed by atoms with E-state index >= 15 is 4.39 Å². The zero-order chi connectivity index (χ0) is 40.0. The van der Waals surface area contributed by atoms with Crippen molar-refractivity contribution in [2.45, 2.75) is 89.2 Å². The second-order valence-electron chi connectivity index (χ2n) is 14.5. The number of hydrogen-bond acceptors (Lipinski definition) is 7. The van der Waals surface area contributed by atoms with E-state index in [0.29, 0.717) is 47.1 Å². The minimum absolute atomic E-state index is 0.0124. The summed E-state index contributed by atoms with van der Waals surface area (Å²) in [7, 11) is 0. The summed E-state index contributed by atoms with van der Waals surface area (Å²) in [6.45, 7) is 7.60. The van der Waals surface area contributed by atoms with Crippen LogP contribution in [-0.2, 0) is 34.4 Å². The van der Waals surface area contributed by atoms with Crippen molar-refractivity contribution in [1.82, 2.24) is 19.8 Å². The SMILES string of the molecule is CCCCOC(=O)NCc1cccc(-n2nc(C(F)(F)F)cc2C(=O)Nc2cc(C(CCC3CC3)(N[S@@+]([O-])C(C)(C)C)c3ccc(C#N)cc3)ccc2F)c1.